The first-order valence-electron chi connectivity index (χ1n) is 5.53. The molecule has 0 aliphatic rings. The molecule has 0 saturated heterocycles. The highest BCUT2D eigenvalue weighted by Gasteiger charge is 2.03. The van der Waals surface area contributed by atoms with E-state index < -0.39 is 0 Å². The molecule has 0 aliphatic carbocycles. The van der Waals surface area contributed by atoms with Crippen LogP contribution in [0.1, 0.15) is 5.56 Å². The number of ether oxygens (including phenoxy) is 1. The summed E-state index contributed by atoms with van der Waals surface area (Å²) in [5.74, 6) is 1.51. The van der Waals surface area contributed by atoms with Gasteiger partial charge in [-0.3, -0.25) is 0 Å². The van der Waals surface area contributed by atoms with E-state index in [1.165, 1.54) is 0 Å². The number of nitrogens with two attached hydrogens (primary N) is 1. The van der Waals surface area contributed by atoms with Crippen LogP contribution in [0.2, 0.25) is 5.02 Å². The molecule has 0 radical (unpaired) electrons. The van der Waals surface area contributed by atoms with Gasteiger partial charge < -0.3 is 10.5 Å². The number of halogens is 1. The summed E-state index contributed by atoms with van der Waals surface area (Å²) in [5, 5.41) is 0.707. The highest BCUT2D eigenvalue weighted by atomic mass is 35.5. The molecule has 18 heavy (non-hydrogen) atoms. The monoisotopic (exact) mass is 279 g/mol. The molecule has 0 spiro atoms. The predicted molar refractivity (Wildman–Crippen MR) is 77.6 cm³/mol. The molecule has 0 aromatic heterocycles. The lowest BCUT2D eigenvalue weighted by molar-refractivity contribution is 0.482. The standard InChI is InChI=1S/C14H14ClNOS/c1-18-14-7-6-12(8-13(14)15)17-11-4-2-10(9-16)3-5-11/h2-8H,9,16H2,1H3. The maximum absolute atomic E-state index is 6.13. The third-order valence-electron chi connectivity index (χ3n) is 2.52. The fourth-order valence-electron chi connectivity index (χ4n) is 1.54. The van der Waals surface area contributed by atoms with Crippen LogP contribution in [0, 0.1) is 0 Å². The summed E-state index contributed by atoms with van der Waals surface area (Å²) in [4.78, 5) is 1.04. The van der Waals surface area contributed by atoms with Gasteiger partial charge in [-0.1, -0.05) is 23.7 Å². The van der Waals surface area contributed by atoms with Gasteiger partial charge in [-0.05, 0) is 36.1 Å². The molecule has 2 aromatic rings. The van der Waals surface area contributed by atoms with Gasteiger partial charge in [0.15, 0.2) is 0 Å². The highest BCUT2D eigenvalue weighted by molar-refractivity contribution is 7.98. The lowest BCUT2D eigenvalue weighted by Crippen LogP contribution is -1.95. The largest absolute Gasteiger partial charge is 0.457 e. The normalized spacial score (nSPS) is 10.4. The van der Waals surface area contributed by atoms with Crippen LogP contribution in [0.15, 0.2) is 47.4 Å². The summed E-state index contributed by atoms with van der Waals surface area (Å²) in [5.41, 5.74) is 6.63. The summed E-state index contributed by atoms with van der Waals surface area (Å²) in [6.07, 6.45) is 1.99. The minimum Gasteiger partial charge on any atom is -0.457 e. The Labute approximate surface area is 116 Å². The van der Waals surface area contributed by atoms with E-state index >= 15 is 0 Å². The summed E-state index contributed by atoms with van der Waals surface area (Å²) in [6, 6.07) is 13.4. The second-order valence-corrected chi connectivity index (χ2v) is 5.00. The Kier molecular flexibility index (Phi) is 4.53. The van der Waals surface area contributed by atoms with Crippen molar-refractivity contribution < 1.29 is 4.74 Å². The van der Waals surface area contributed by atoms with Crippen LogP contribution in [0.4, 0.5) is 0 Å². The maximum Gasteiger partial charge on any atom is 0.128 e. The second-order valence-electron chi connectivity index (χ2n) is 3.75. The molecule has 2 N–H and O–H groups in total. The van der Waals surface area contributed by atoms with Crippen molar-refractivity contribution >= 4 is 23.4 Å². The molecule has 0 heterocycles. The van der Waals surface area contributed by atoms with E-state index in [0.29, 0.717) is 11.6 Å². The molecular formula is C14H14ClNOS. The van der Waals surface area contributed by atoms with Crippen LogP contribution in [0.25, 0.3) is 0 Å². The van der Waals surface area contributed by atoms with Gasteiger partial charge in [0.1, 0.15) is 11.5 Å². The number of hydrogen-bond donors (Lipinski definition) is 1. The number of benzene rings is 2. The van der Waals surface area contributed by atoms with E-state index in [4.69, 9.17) is 22.1 Å². The summed E-state index contributed by atoms with van der Waals surface area (Å²) in [7, 11) is 0. The highest BCUT2D eigenvalue weighted by Crippen LogP contribution is 2.31. The van der Waals surface area contributed by atoms with E-state index in [1.54, 1.807) is 11.8 Å². The fourth-order valence-corrected chi connectivity index (χ4v) is 2.40. The summed E-state index contributed by atoms with van der Waals surface area (Å²) in [6.45, 7) is 0.536. The van der Waals surface area contributed by atoms with Gasteiger partial charge in [-0.2, -0.15) is 0 Å². The molecule has 2 nitrogen and oxygen atoms in total. The smallest absolute Gasteiger partial charge is 0.128 e. The first-order chi connectivity index (χ1) is 8.72. The zero-order valence-electron chi connectivity index (χ0n) is 10.0. The fraction of sp³-hybridized carbons (Fsp3) is 0.143. The number of hydrogen-bond acceptors (Lipinski definition) is 3. The van der Waals surface area contributed by atoms with Crippen LogP contribution in [-0.2, 0) is 6.54 Å². The molecule has 0 amide bonds. The average Bonchev–Trinajstić information content (AvgIpc) is 2.40. The first-order valence-corrected chi connectivity index (χ1v) is 7.13. The Morgan fingerprint density at radius 1 is 1.11 bits per heavy atom. The van der Waals surface area contributed by atoms with Gasteiger partial charge in [0.2, 0.25) is 0 Å². The third-order valence-corrected chi connectivity index (χ3v) is 3.74. The van der Waals surface area contributed by atoms with Gasteiger partial charge in [-0.25, -0.2) is 0 Å². The van der Waals surface area contributed by atoms with Crippen molar-refractivity contribution in [3.8, 4) is 11.5 Å². The van der Waals surface area contributed by atoms with E-state index in [1.807, 2.05) is 48.7 Å². The van der Waals surface area contributed by atoms with Crippen molar-refractivity contribution in [2.75, 3.05) is 6.26 Å². The SMILES string of the molecule is CSc1ccc(Oc2ccc(CN)cc2)cc1Cl. The molecule has 4 heteroatoms. The van der Waals surface area contributed by atoms with E-state index in [-0.39, 0.29) is 0 Å². The van der Waals surface area contributed by atoms with Crippen LogP contribution in [-0.4, -0.2) is 6.26 Å². The quantitative estimate of drug-likeness (QED) is 0.847. The first kappa shape index (κ1) is 13.3. The Balaban J connectivity index is 2.15. The van der Waals surface area contributed by atoms with Crippen LogP contribution >= 0.6 is 23.4 Å². The number of thioether (sulfide) groups is 1. The summed E-state index contributed by atoms with van der Waals surface area (Å²) >= 11 is 7.74. The third kappa shape index (κ3) is 3.19. The predicted octanol–water partition coefficient (Wildman–Crippen LogP) is 4.31. The zero-order chi connectivity index (χ0) is 13.0. The van der Waals surface area contributed by atoms with Crippen LogP contribution in [0.3, 0.4) is 0 Å². The van der Waals surface area contributed by atoms with Crippen LogP contribution < -0.4 is 10.5 Å². The van der Waals surface area contributed by atoms with Gasteiger partial charge in [0.05, 0.1) is 5.02 Å². The molecular weight excluding hydrogens is 266 g/mol. The minimum absolute atomic E-state index is 0.536. The molecule has 0 bridgehead atoms. The van der Waals surface area contributed by atoms with Gasteiger partial charge in [0.25, 0.3) is 0 Å². The van der Waals surface area contributed by atoms with Gasteiger partial charge in [0, 0.05) is 17.5 Å². The molecule has 0 aliphatic heterocycles. The van der Waals surface area contributed by atoms with E-state index in [9.17, 15) is 0 Å². The Morgan fingerprint density at radius 3 is 2.33 bits per heavy atom. The van der Waals surface area contributed by atoms with Crippen molar-refractivity contribution in [1.29, 1.82) is 0 Å². The molecule has 2 rings (SSSR count). The minimum atomic E-state index is 0.536. The molecule has 0 fully saturated rings. The lowest BCUT2D eigenvalue weighted by atomic mass is 10.2. The van der Waals surface area contributed by atoms with E-state index in [0.717, 1.165) is 22.0 Å². The lowest BCUT2D eigenvalue weighted by Gasteiger charge is -2.08. The van der Waals surface area contributed by atoms with Gasteiger partial charge >= 0.3 is 0 Å². The van der Waals surface area contributed by atoms with Crippen molar-refractivity contribution in [3.05, 3.63) is 53.1 Å². The topological polar surface area (TPSA) is 35.2 Å². The van der Waals surface area contributed by atoms with Crippen molar-refractivity contribution in [2.45, 2.75) is 11.4 Å². The average molecular weight is 280 g/mol. The van der Waals surface area contributed by atoms with Crippen molar-refractivity contribution in [1.82, 2.24) is 0 Å². The molecule has 0 unspecified atom stereocenters. The summed E-state index contributed by atoms with van der Waals surface area (Å²) < 4.78 is 5.72. The molecule has 94 valence electrons. The van der Waals surface area contributed by atoms with Crippen LogP contribution in [0.5, 0.6) is 11.5 Å². The molecule has 0 atom stereocenters. The number of rotatable bonds is 4. The molecule has 0 saturated carbocycles. The van der Waals surface area contributed by atoms with Gasteiger partial charge in [-0.15, -0.1) is 11.8 Å². The van der Waals surface area contributed by atoms with Crippen molar-refractivity contribution in [3.63, 3.8) is 0 Å². The van der Waals surface area contributed by atoms with E-state index in [2.05, 4.69) is 0 Å². The maximum atomic E-state index is 6.13. The zero-order valence-corrected chi connectivity index (χ0v) is 11.6. The molecule has 2 aromatic carbocycles. The van der Waals surface area contributed by atoms with Crippen molar-refractivity contribution in [2.24, 2.45) is 5.73 Å². The Hall–Kier alpha value is -1.16. The Morgan fingerprint density at radius 2 is 1.78 bits per heavy atom. The second kappa shape index (κ2) is 6.14. The Bertz CT molecular complexity index is 528.